The molecule has 0 unspecified atom stereocenters. The predicted molar refractivity (Wildman–Crippen MR) is 122 cm³/mol. The zero-order valence-corrected chi connectivity index (χ0v) is 18.8. The van der Waals surface area contributed by atoms with Crippen molar-refractivity contribution in [1.29, 1.82) is 0 Å². The van der Waals surface area contributed by atoms with Crippen LogP contribution in [0, 0.1) is 10.1 Å². The summed E-state index contributed by atoms with van der Waals surface area (Å²) in [5.41, 5.74) is 4.78. The minimum absolute atomic E-state index is 0.0107. The highest BCUT2D eigenvalue weighted by molar-refractivity contribution is 6.00. The number of nitro groups is 1. The number of benzene rings is 2. The Morgan fingerprint density at radius 2 is 1.64 bits per heavy atom. The van der Waals surface area contributed by atoms with Gasteiger partial charge in [0.1, 0.15) is 5.69 Å². The summed E-state index contributed by atoms with van der Waals surface area (Å²) in [6.07, 6.45) is 1.87. The molecule has 0 saturated carbocycles. The zero-order valence-electron chi connectivity index (χ0n) is 18.8. The SMILES string of the molecule is CCCCOc1ccc(C(=O)NNC(=O)c2ccc(NCCOC)c([N+](=O)[O-])c2)cc1OC. The van der Waals surface area contributed by atoms with Crippen LogP contribution in [-0.2, 0) is 4.74 Å². The molecule has 0 radical (unpaired) electrons. The van der Waals surface area contributed by atoms with Crippen LogP contribution in [0.4, 0.5) is 11.4 Å². The van der Waals surface area contributed by atoms with Gasteiger partial charge in [-0.05, 0) is 36.8 Å². The molecule has 0 fully saturated rings. The molecule has 178 valence electrons. The van der Waals surface area contributed by atoms with Gasteiger partial charge in [0, 0.05) is 30.8 Å². The second kappa shape index (κ2) is 12.9. The Labute approximate surface area is 191 Å². The molecule has 11 nitrogen and oxygen atoms in total. The maximum atomic E-state index is 12.4. The molecule has 0 atom stereocenters. The highest BCUT2D eigenvalue weighted by Crippen LogP contribution is 2.28. The number of hydrogen-bond donors (Lipinski definition) is 3. The second-order valence-corrected chi connectivity index (χ2v) is 6.88. The monoisotopic (exact) mass is 460 g/mol. The van der Waals surface area contributed by atoms with E-state index in [0.717, 1.165) is 18.9 Å². The highest BCUT2D eigenvalue weighted by Gasteiger charge is 2.18. The van der Waals surface area contributed by atoms with E-state index in [1.54, 1.807) is 6.07 Å². The lowest BCUT2D eigenvalue weighted by Gasteiger charge is -2.13. The van der Waals surface area contributed by atoms with E-state index in [1.807, 2.05) is 0 Å². The topological polar surface area (TPSA) is 141 Å². The minimum atomic E-state index is -0.707. The second-order valence-electron chi connectivity index (χ2n) is 6.88. The molecule has 11 heteroatoms. The molecule has 0 bridgehead atoms. The maximum absolute atomic E-state index is 12.4. The van der Waals surface area contributed by atoms with E-state index < -0.39 is 16.7 Å². The third-order valence-corrected chi connectivity index (χ3v) is 4.55. The number of carbonyl (C=O) groups excluding carboxylic acids is 2. The average molecular weight is 460 g/mol. The first-order valence-corrected chi connectivity index (χ1v) is 10.3. The van der Waals surface area contributed by atoms with E-state index >= 15 is 0 Å². The van der Waals surface area contributed by atoms with Gasteiger partial charge in [-0.3, -0.25) is 30.6 Å². The molecule has 0 heterocycles. The predicted octanol–water partition coefficient (Wildman–Crippen LogP) is 2.92. The minimum Gasteiger partial charge on any atom is -0.493 e. The van der Waals surface area contributed by atoms with Crippen molar-refractivity contribution in [3.05, 3.63) is 57.6 Å². The van der Waals surface area contributed by atoms with E-state index in [0.29, 0.717) is 31.3 Å². The number of hydrogen-bond acceptors (Lipinski definition) is 8. The molecule has 2 rings (SSSR count). The number of methoxy groups -OCH3 is 2. The number of unbranched alkanes of at least 4 members (excludes halogenated alkanes) is 1. The summed E-state index contributed by atoms with van der Waals surface area (Å²) < 4.78 is 15.8. The molecule has 0 aliphatic rings. The van der Waals surface area contributed by atoms with Crippen LogP contribution in [0.3, 0.4) is 0 Å². The first kappa shape index (κ1) is 25.4. The number of nitrogens with one attached hydrogen (secondary N) is 3. The highest BCUT2D eigenvalue weighted by atomic mass is 16.6. The van der Waals surface area contributed by atoms with Crippen molar-refractivity contribution in [3.63, 3.8) is 0 Å². The smallest absolute Gasteiger partial charge is 0.293 e. The normalized spacial score (nSPS) is 10.3. The summed E-state index contributed by atoms with van der Waals surface area (Å²) in [5.74, 6) is -0.397. The quantitative estimate of drug-likeness (QED) is 0.249. The first-order valence-electron chi connectivity index (χ1n) is 10.3. The van der Waals surface area contributed by atoms with Gasteiger partial charge in [-0.15, -0.1) is 0 Å². The molecule has 0 aromatic heterocycles. The van der Waals surface area contributed by atoms with Gasteiger partial charge in [-0.1, -0.05) is 13.3 Å². The van der Waals surface area contributed by atoms with Gasteiger partial charge in [-0.25, -0.2) is 0 Å². The first-order chi connectivity index (χ1) is 15.9. The van der Waals surface area contributed by atoms with Crippen molar-refractivity contribution in [3.8, 4) is 11.5 Å². The Morgan fingerprint density at radius 1 is 0.970 bits per heavy atom. The van der Waals surface area contributed by atoms with Crippen LogP contribution in [0.5, 0.6) is 11.5 Å². The number of carbonyl (C=O) groups is 2. The lowest BCUT2D eigenvalue weighted by Crippen LogP contribution is -2.41. The van der Waals surface area contributed by atoms with Crippen LogP contribution in [-0.4, -0.2) is 50.7 Å². The van der Waals surface area contributed by atoms with Crippen LogP contribution in [0.25, 0.3) is 0 Å². The molecule has 2 aromatic carbocycles. The molecule has 0 saturated heterocycles. The fourth-order valence-corrected chi connectivity index (χ4v) is 2.77. The summed E-state index contributed by atoms with van der Waals surface area (Å²) in [6, 6.07) is 8.61. The lowest BCUT2D eigenvalue weighted by molar-refractivity contribution is -0.384. The lowest BCUT2D eigenvalue weighted by atomic mass is 10.1. The van der Waals surface area contributed by atoms with Crippen molar-refractivity contribution < 1.29 is 28.7 Å². The van der Waals surface area contributed by atoms with Gasteiger partial charge in [-0.2, -0.15) is 0 Å². The fourth-order valence-electron chi connectivity index (χ4n) is 2.77. The van der Waals surface area contributed by atoms with Crippen molar-refractivity contribution in [2.24, 2.45) is 0 Å². The van der Waals surface area contributed by atoms with Gasteiger partial charge in [0.15, 0.2) is 11.5 Å². The van der Waals surface area contributed by atoms with Gasteiger partial charge in [0.05, 0.1) is 25.2 Å². The number of hydrazine groups is 1. The van der Waals surface area contributed by atoms with Crippen molar-refractivity contribution in [1.82, 2.24) is 10.9 Å². The van der Waals surface area contributed by atoms with Crippen LogP contribution in [0.2, 0.25) is 0 Å². The third kappa shape index (κ3) is 7.35. The largest absolute Gasteiger partial charge is 0.493 e. The van der Waals surface area contributed by atoms with E-state index in [2.05, 4.69) is 23.1 Å². The summed E-state index contributed by atoms with van der Waals surface area (Å²) >= 11 is 0. The third-order valence-electron chi connectivity index (χ3n) is 4.55. The van der Waals surface area contributed by atoms with E-state index in [-0.39, 0.29) is 22.5 Å². The van der Waals surface area contributed by atoms with Crippen molar-refractivity contribution >= 4 is 23.2 Å². The summed E-state index contributed by atoms with van der Waals surface area (Å²) in [4.78, 5) is 35.6. The fraction of sp³-hybridized carbons (Fsp3) is 0.364. The molecule has 3 N–H and O–H groups in total. The Morgan fingerprint density at radius 3 is 2.24 bits per heavy atom. The van der Waals surface area contributed by atoms with Gasteiger partial charge in [0.2, 0.25) is 0 Å². The molecule has 0 spiro atoms. The Hall–Kier alpha value is -3.86. The summed E-state index contributed by atoms with van der Waals surface area (Å²) in [7, 11) is 2.98. The molecule has 33 heavy (non-hydrogen) atoms. The van der Waals surface area contributed by atoms with E-state index in [9.17, 15) is 19.7 Å². The van der Waals surface area contributed by atoms with Crippen molar-refractivity contribution in [2.75, 3.05) is 39.3 Å². The number of nitrogens with zero attached hydrogens (tertiary/aromatic N) is 1. The Bertz CT molecular complexity index is 981. The summed E-state index contributed by atoms with van der Waals surface area (Å²) in [5, 5.41) is 14.2. The Kier molecular flexibility index (Phi) is 9.90. The molecule has 0 aliphatic heterocycles. The van der Waals surface area contributed by atoms with E-state index in [4.69, 9.17) is 14.2 Å². The summed E-state index contributed by atoms with van der Waals surface area (Å²) in [6.45, 7) is 3.31. The maximum Gasteiger partial charge on any atom is 0.293 e. The molecule has 2 amide bonds. The van der Waals surface area contributed by atoms with Crippen LogP contribution >= 0.6 is 0 Å². The average Bonchev–Trinajstić information content (AvgIpc) is 2.82. The zero-order chi connectivity index (χ0) is 24.2. The number of amides is 2. The van der Waals surface area contributed by atoms with Gasteiger partial charge < -0.3 is 19.5 Å². The number of rotatable bonds is 12. The Balaban J connectivity index is 2.04. The number of nitro benzene ring substituents is 1. The number of anilines is 1. The molecular formula is C22H28N4O7. The van der Waals surface area contributed by atoms with Gasteiger partial charge >= 0.3 is 0 Å². The van der Waals surface area contributed by atoms with Crippen LogP contribution in [0.15, 0.2) is 36.4 Å². The molecule has 2 aromatic rings. The van der Waals surface area contributed by atoms with Crippen LogP contribution in [0.1, 0.15) is 40.5 Å². The molecule has 0 aliphatic carbocycles. The molecular weight excluding hydrogens is 432 g/mol. The van der Waals surface area contributed by atoms with Crippen LogP contribution < -0.4 is 25.6 Å². The van der Waals surface area contributed by atoms with E-state index in [1.165, 1.54) is 38.5 Å². The standard InChI is InChI=1S/C22H28N4O7/c1-4-5-11-33-19-9-7-16(14-20(19)32-3)22(28)25-24-21(27)15-6-8-17(23-10-12-31-2)18(13-15)26(29)30/h6-9,13-14,23H,4-5,10-12H2,1-3H3,(H,24,27)(H,25,28). The van der Waals surface area contributed by atoms with Crippen molar-refractivity contribution in [2.45, 2.75) is 19.8 Å². The van der Waals surface area contributed by atoms with Gasteiger partial charge in [0.25, 0.3) is 17.5 Å². The number of ether oxygens (including phenoxy) is 3.